The average molecular weight is 202 g/mol. The Morgan fingerprint density at radius 1 is 1.20 bits per heavy atom. The van der Waals surface area contributed by atoms with Gasteiger partial charge in [-0.25, -0.2) is 0 Å². The van der Waals surface area contributed by atoms with Crippen LogP contribution in [0.3, 0.4) is 0 Å². The molecular weight excluding hydrogens is 188 g/mol. The van der Waals surface area contributed by atoms with Gasteiger partial charge in [-0.05, 0) is 12.5 Å². The molecule has 2 aromatic rings. The predicted octanol–water partition coefficient (Wildman–Crippen LogP) is 2.50. The van der Waals surface area contributed by atoms with Crippen LogP contribution in [0.4, 0.5) is 0 Å². The molecule has 0 amide bonds. The monoisotopic (exact) mass is 202 g/mol. The summed E-state index contributed by atoms with van der Waals surface area (Å²) in [6.07, 6.45) is 1.93. The first-order chi connectivity index (χ1) is 7.31. The minimum absolute atomic E-state index is 0.232. The summed E-state index contributed by atoms with van der Waals surface area (Å²) in [5.74, 6) is 0.651. The smallest absolute Gasteiger partial charge is 0.232 e. The van der Waals surface area contributed by atoms with Crippen molar-refractivity contribution in [3.8, 4) is 5.88 Å². The maximum absolute atomic E-state index is 5.05. The molecule has 1 atom stereocenters. The highest BCUT2D eigenvalue weighted by molar-refractivity contribution is 5.19. The van der Waals surface area contributed by atoms with Crippen LogP contribution in [0.5, 0.6) is 5.88 Å². The Morgan fingerprint density at radius 2 is 1.93 bits per heavy atom. The van der Waals surface area contributed by atoms with Gasteiger partial charge in [-0.2, -0.15) is 0 Å². The molecule has 0 spiro atoms. The summed E-state index contributed by atoms with van der Waals surface area (Å²) in [5, 5.41) is 4.30. The predicted molar refractivity (Wildman–Crippen MR) is 59.0 cm³/mol. The van der Waals surface area contributed by atoms with Crippen LogP contribution in [-0.2, 0) is 0 Å². The van der Waals surface area contributed by atoms with Gasteiger partial charge in [0.1, 0.15) is 0 Å². The number of hydrogen-bond acceptors (Lipinski definition) is 2. The van der Waals surface area contributed by atoms with Crippen molar-refractivity contribution in [1.29, 1.82) is 0 Å². The highest BCUT2D eigenvalue weighted by Gasteiger charge is 2.08. The number of hydrogen-bond donors (Lipinski definition) is 0. The van der Waals surface area contributed by atoms with Gasteiger partial charge in [0, 0.05) is 12.3 Å². The minimum Gasteiger partial charge on any atom is -0.480 e. The molecule has 1 unspecified atom stereocenters. The van der Waals surface area contributed by atoms with E-state index in [9.17, 15) is 0 Å². The highest BCUT2D eigenvalue weighted by atomic mass is 16.5. The molecule has 0 aliphatic heterocycles. The van der Waals surface area contributed by atoms with E-state index in [2.05, 4.69) is 24.2 Å². The third kappa shape index (κ3) is 2.01. The molecule has 2 rings (SSSR count). The fourth-order valence-electron chi connectivity index (χ4n) is 1.53. The molecule has 3 nitrogen and oxygen atoms in total. The normalized spacial score (nSPS) is 12.4. The third-order valence-corrected chi connectivity index (χ3v) is 2.47. The topological polar surface area (TPSA) is 27.1 Å². The summed E-state index contributed by atoms with van der Waals surface area (Å²) in [6, 6.07) is 12.4. The molecule has 1 heterocycles. The van der Waals surface area contributed by atoms with Crippen LogP contribution in [0.2, 0.25) is 0 Å². The lowest BCUT2D eigenvalue weighted by Gasteiger charge is -2.11. The summed E-state index contributed by atoms with van der Waals surface area (Å²) in [7, 11) is 1.62. The van der Waals surface area contributed by atoms with Gasteiger partial charge < -0.3 is 4.74 Å². The zero-order chi connectivity index (χ0) is 10.7. The van der Waals surface area contributed by atoms with Crippen molar-refractivity contribution in [3.63, 3.8) is 0 Å². The van der Waals surface area contributed by atoms with E-state index < -0.39 is 0 Å². The van der Waals surface area contributed by atoms with Gasteiger partial charge in [-0.15, -0.1) is 5.10 Å². The van der Waals surface area contributed by atoms with Crippen LogP contribution in [-0.4, -0.2) is 16.9 Å². The molecule has 0 aliphatic rings. The van der Waals surface area contributed by atoms with E-state index in [0.717, 1.165) is 0 Å². The Balaban J connectivity index is 2.24. The summed E-state index contributed by atoms with van der Waals surface area (Å²) < 4.78 is 6.95. The Hall–Kier alpha value is -1.77. The molecule has 0 fully saturated rings. The molecule has 0 saturated heterocycles. The number of rotatable bonds is 3. The molecule has 0 aliphatic carbocycles. The van der Waals surface area contributed by atoms with E-state index in [0.29, 0.717) is 5.88 Å². The number of nitrogens with zero attached hydrogens (tertiary/aromatic N) is 2. The van der Waals surface area contributed by atoms with Gasteiger partial charge in [-0.3, -0.25) is 4.68 Å². The fourth-order valence-corrected chi connectivity index (χ4v) is 1.53. The van der Waals surface area contributed by atoms with Crippen molar-refractivity contribution in [2.75, 3.05) is 7.11 Å². The quantitative estimate of drug-likeness (QED) is 0.764. The standard InChI is InChI=1S/C12H14N2O/c1-10(11-6-4-3-5-7-11)14-9-8-12(13-14)15-2/h3-10H,1-2H3. The fraction of sp³-hybridized carbons (Fsp3) is 0.250. The van der Waals surface area contributed by atoms with Gasteiger partial charge in [0.05, 0.1) is 13.2 Å². The molecule has 1 aromatic carbocycles. The lowest BCUT2D eigenvalue weighted by Crippen LogP contribution is -2.07. The maximum Gasteiger partial charge on any atom is 0.232 e. The number of benzene rings is 1. The Morgan fingerprint density at radius 3 is 2.53 bits per heavy atom. The molecule has 0 saturated carbocycles. The molecular formula is C12H14N2O. The molecule has 78 valence electrons. The van der Waals surface area contributed by atoms with Crippen LogP contribution in [0.1, 0.15) is 18.5 Å². The second-order valence-electron chi connectivity index (χ2n) is 3.42. The summed E-state index contributed by atoms with van der Waals surface area (Å²) in [4.78, 5) is 0. The third-order valence-electron chi connectivity index (χ3n) is 2.47. The van der Waals surface area contributed by atoms with E-state index in [1.165, 1.54) is 5.56 Å². The van der Waals surface area contributed by atoms with Crippen molar-refractivity contribution in [1.82, 2.24) is 9.78 Å². The first kappa shape index (κ1) is 9.77. The van der Waals surface area contributed by atoms with Crippen LogP contribution < -0.4 is 4.74 Å². The maximum atomic E-state index is 5.05. The van der Waals surface area contributed by atoms with Crippen molar-refractivity contribution in [2.24, 2.45) is 0 Å². The molecule has 15 heavy (non-hydrogen) atoms. The Labute approximate surface area is 89.3 Å². The summed E-state index contributed by atoms with van der Waals surface area (Å²) in [6.45, 7) is 2.11. The van der Waals surface area contributed by atoms with Gasteiger partial charge in [-0.1, -0.05) is 30.3 Å². The number of aromatic nitrogens is 2. The van der Waals surface area contributed by atoms with Gasteiger partial charge >= 0.3 is 0 Å². The van der Waals surface area contributed by atoms with Crippen LogP contribution in [0.25, 0.3) is 0 Å². The average Bonchev–Trinajstić information content (AvgIpc) is 2.78. The Bertz CT molecular complexity index is 422. The van der Waals surface area contributed by atoms with Crippen LogP contribution in [0.15, 0.2) is 42.6 Å². The largest absolute Gasteiger partial charge is 0.480 e. The summed E-state index contributed by atoms with van der Waals surface area (Å²) in [5.41, 5.74) is 1.24. The SMILES string of the molecule is COc1ccn(C(C)c2ccccc2)n1. The van der Waals surface area contributed by atoms with Gasteiger partial charge in [0.2, 0.25) is 5.88 Å². The van der Waals surface area contributed by atoms with E-state index in [1.54, 1.807) is 7.11 Å². The zero-order valence-corrected chi connectivity index (χ0v) is 8.92. The van der Waals surface area contributed by atoms with E-state index in [-0.39, 0.29) is 6.04 Å². The number of methoxy groups -OCH3 is 1. The molecule has 3 heteroatoms. The second kappa shape index (κ2) is 4.17. The molecule has 1 aromatic heterocycles. The first-order valence-corrected chi connectivity index (χ1v) is 4.95. The molecule has 0 radical (unpaired) electrons. The van der Waals surface area contributed by atoms with Crippen LogP contribution in [0, 0.1) is 0 Å². The molecule has 0 N–H and O–H groups in total. The van der Waals surface area contributed by atoms with Crippen molar-refractivity contribution in [2.45, 2.75) is 13.0 Å². The lowest BCUT2D eigenvalue weighted by atomic mass is 10.1. The first-order valence-electron chi connectivity index (χ1n) is 4.95. The zero-order valence-electron chi connectivity index (χ0n) is 8.92. The highest BCUT2D eigenvalue weighted by Crippen LogP contribution is 2.18. The van der Waals surface area contributed by atoms with E-state index >= 15 is 0 Å². The van der Waals surface area contributed by atoms with Crippen molar-refractivity contribution >= 4 is 0 Å². The van der Waals surface area contributed by atoms with E-state index in [1.807, 2.05) is 35.1 Å². The second-order valence-corrected chi connectivity index (χ2v) is 3.42. The van der Waals surface area contributed by atoms with Gasteiger partial charge in [0.25, 0.3) is 0 Å². The lowest BCUT2D eigenvalue weighted by molar-refractivity contribution is 0.385. The van der Waals surface area contributed by atoms with Crippen molar-refractivity contribution < 1.29 is 4.74 Å². The Kier molecular flexibility index (Phi) is 2.72. The van der Waals surface area contributed by atoms with E-state index in [4.69, 9.17) is 4.74 Å². The van der Waals surface area contributed by atoms with Gasteiger partial charge in [0.15, 0.2) is 0 Å². The number of ether oxygens (including phenoxy) is 1. The molecule has 0 bridgehead atoms. The van der Waals surface area contributed by atoms with Crippen molar-refractivity contribution in [3.05, 3.63) is 48.2 Å². The minimum atomic E-state index is 0.232. The summed E-state index contributed by atoms with van der Waals surface area (Å²) >= 11 is 0. The van der Waals surface area contributed by atoms with Crippen LogP contribution >= 0.6 is 0 Å².